The second-order valence-corrected chi connectivity index (χ2v) is 2.29. The number of nitrogen functional groups attached to an aromatic ring is 1. The number of nitrogens with two attached hydrogens (primary N) is 1. The van der Waals surface area contributed by atoms with Crippen molar-refractivity contribution in [2.45, 2.75) is 0 Å². The van der Waals surface area contributed by atoms with Crippen LogP contribution in [0.3, 0.4) is 0 Å². The predicted octanol–water partition coefficient (Wildman–Crippen LogP) is -0.551. The van der Waals surface area contributed by atoms with Gasteiger partial charge >= 0.3 is 5.97 Å². The normalized spacial score (nSPS) is 9.62. The summed E-state index contributed by atoms with van der Waals surface area (Å²) in [5.41, 5.74) is 3.96. The lowest BCUT2D eigenvalue weighted by Gasteiger charge is -2.02. The summed E-state index contributed by atoms with van der Waals surface area (Å²) in [5.74, 6) is -1.32. The number of ether oxygens (including phenoxy) is 1. The van der Waals surface area contributed by atoms with Gasteiger partial charge in [0.15, 0.2) is 5.75 Å². The number of carbonyl (C=O) groups excluding carboxylic acids is 1. The summed E-state index contributed by atoms with van der Waals surface area (Å²) in [6.07, 6.45) is 1.04. The molecular weight excluding hydrogens is 176 g/mol. The van der Waals surface area contributed by atoms with Crippen LogP contribution in [0.25, 0.3) is 0 Å². The van der Waals surface area contributed by atoms with Crippen molar-refractivity contribution in [1.82, 2.24) is 4.98 Å². The number of hydrogen-bond acceptors (Lipinski definition) is 5. The highest BCUT2D eigenvalue weighted by Crippen LogP contribution is 2.20. The first-order chi connectivity index (χ1) is 6.07. The zero-order valence-electron chi connectivity index (χ0n) is 6.83. The van der Waals surface area contributed by atoms with Crippen LogP contribution in [-0.2, 0) is 4.74 Å². The maximum Gasteiger partial charge on any atom is 0.343 e. The van der Waals surface area contributed by atoms with Crippen LogP contribution < -0.4 is 11.3 Å². The van der Waals surface area contributed by atoms with E-state index in [9.17, 15) is 14.7 Å². The van der Waals surface area contributed by atoms with Gasteiger partial charge in [0.1, 0.15) is 11.3 Å². The SMILES string of the molecule is COC(=O)c1c[nH]c(=O)c(N)c1O. The molecule has 6 heteroatoms. The molecule has 1 aromatic heterocycles. The van der Waals surface area contributed by atoms with Crippen molar-refractivity contribution < 1.29 is 14.6 Å². The number of carbonyl (C=O) groups is 1. The highest BCUT2D eigenvalue weighted by Gasteiger charge is 2.15. The van der Waals surface area contributed by atoms with Crippen molar-refractivity contribution in [3.05, 3.63) is 22.1 Å². The molecule has 1 heterocycles. The molecule has 0 aliphatic rings. The summed E-state index contributed by atoms with van der Waals surface area (Å²) in [5, 5.41) is 9.23. The summed E-state index contributed by atoms with van der Waals surface area (Å²) in [6, 6.07) is 0. The Bertz CT molecular complexity index is 396. The van der Waals surface area contributed by atoms with Crippen molar-refractivity contribution in [2.24, 2.45) is 0 Å². The third kappa shape index (κ3) is 1.46. The summed E-state index contributed by atoms with van der Waals surface area (Å²) < 4.78 is 4.34. The zero-order valence-corrected chi connectivity index (χ0v) is 6.83. The molecule has 13 heavy (non-hydrogen) atoms. The van der Waals surface area contributed by atoms with E-state index in [4.69, 9.17) is 5.73 Å². The van der Waals surface area contributed by atoms with Crippen molar-refractivity contribution in [2.75, 3.05) is 12.8 Å². The van der Waals surface area contributed by atoms with E-state index >= 15 is 0 Å². The number of pyridine rings is 1. The molecule has 0 fully saturated rings. The van der Waals surface area contributed by atoms with Crippen molar-refractivity contribution in [3.8, 4) is 5.75 Å². The molecule has 0 saturated heterocycles. The molecule has 1 aromatic rings. The first kappa shape index (κ1) is 9.11. The number of aromatic hydroxyl groups is 1. The molecule has 0 saturated carbocycles. The molecule has 1 rings (SSSR count). The lowest BCUT2D eigenvalue weighted by Crippen LogP contribution is -2.14. The number of esters is 1. The highest BCUT2D eigenvalue weighted by molar-refractivity contribution is 5.93. The maximum absolute atomic E-state index is 10.9. The average molecular weight is 184 g/mol. The minimum absolute atomic E-state index is 0.167. The highest BCUT2D eigenvalue weighted by atomic mass is 16.5. The van der Waals surface area contributed by atoms with E-state index in [1.807, 2.05) is 0 Å². The molecule has 6 nitrogen and oxygen atoms in total. The fourth-order valence-electron chi connectivity index (χ4n) is 0.802. The van der Waals surface area contributed by atoms with Gasteiger partial charge in [-0.15, -0.1) is 0 Å². The molecule has 0 aliphatic carbocycles. The minimum Gasteiger partial charge on any atom is -0.505 e. The summed E-state index contributed by atoms with van der Waals surface area (Å²) in [4.78, 5) is 23.9. The Morgan fingerprint density at radius 2 is 2.31 bits per heavy atom. The molecule has 4 N–H and O–H groups in total. The average Bonchev–Trinajstić information content (AvgIpc) is 2.13. The van der Waals surface area contributed by atoms with Crippen LogP contribution in [-0.4, -0.2) is 23.2 Å². The van der Waals surface area contributed by atoms with E-state index in [1.54, 1.807) is 0 Å². The molecule has 0 unspecified atom stereocenters. The second kappa shape index (κ2) is 3.18. The van der Waals surface area contributed by atoms with Crippen LogP contribution in [0, 0.1) is 0 Å². The van der Waals surface area contributed by atoms with Crippen LogP contribution in [0.1, 0.15) is 10.4 Å². The molecule has 0 atom stereocenters. The lowest BCUT2D eigenvalue weighted by atomic mass is 10.2. The second-order valence-electron chi connectivity index (χ2n) is 2.29. The molecular formula is C7H8N2O4. The fraction of sp³-hybridized carbons (Fsp3) is 0.143. The van der Waals surface area contributed by atoms with Gasteiger partial charge in [0.05, 0.1) is 7.11 Å². The maximum atomic E-state index is 10.9. The summed E-state index contributed by atoms with van der Waals surface area (Å²) >= 11 is 0. The fourth-order valence-corrected chi connectivity index (χ4v) is 0.802. The van der Waals surface area contributed by atoms with E-state index in [1.165, 1.54) is 0 Å². The van der Waals surface area contributed by atoms with E-state index in [0.29, 0.717) is 0 Å². The number of aromatic nitrogens is 1. The van der Waals surface area contributed by atoms with Gasteiger partial charge in [-0.3, -0.25) is 4.79 Å². The number of aromatic amines is 1. The van der Waals surface area contributed by atoms with Gasteiger partial charge in [-0.1, -0.05) is 0 Å². The third-order valence-corrected chi connectivity index (χ3v) is 1.51. The van der Waals surface area contributed by atoms with Gasteiger partial charge in [0.2, 0.25) is 0 Å². The smallest absolute Gasteiger partial charge is 0.343 e. The quantitative estimate of drug-likeness (QED) is 0.508. The van der Waals surface area contributed by atoms with Crippen LogP contribution in [0.15, 0.2) is 11.0 Å². The summed E-state index contributed by atoms with van der Waals surface area (Å²) in [7, 11) is 1.16. The number of hydrogen-bond donors (Lipinski definition) is 3. The van der Waals surface area contributed by atoms with Crippen LogP contribution in [0.5, 0.6) is 5.75 Å². The summed E-state index contributed by atoms with van der Waals surface area (Å²) in [6.45, 7) is 0. The monoisotopic (exact) mass is 184 g/mol. The number of H-pyrrole nitrogens is 1. The molecule has 0 bridgehead atoms. The van der Waals surface area contributed by atoms with Crippen molar-refractivity contribution in [1.29, 1.82) is 0 Å². The van der Waals surface area contributed by atoms with Crippen molar-refractivity contribution in [3.63, 3.8) is 0 Å². The Kier molecular flexibility index (Phi) is 2.23. The molecule has 70 valence electrons. The van der Waals surface area contributed by atoms with Gasteiger partial charge < -0.3 is 20.6 Å². The van der Waals surface area contributed by atoms with Gasteiger partial charge in [-0.05, 0) is 0 Å². The first-order valence-corrected chi connectivity index (χ1v) is 3.36. The Morgan fingerprint density at radius 3 is 2.85 bits per heavy atom. The Balaban J connectivity index is 3.34. The lowest BCUT2D eigenvalue weighted by molar-refractivity contribution is 0.0597. The Labute approximate surface area is 73.0 Å². The van der Waals surface area contributed by atoms with Gasteiger partial charge in [0.25, 0.3) is 5.56 Å². The molecule has 0 aromatic carbocycles. The molecule has 0 aliphatic heterocycles. The van der Waals surface area contributed by atoms with E-state index in [-0.39, 0.29) is 5.56 Å². The molecule has 0 radical (unpaired) electrons. The number of rotatable bonds is 1. The minimum atomic E-state index is -0.763. The largest absolute Gasteiger partial charge is 0.505 e. The van der Waals surface area contributed by atoms with Gasteiger partial charge in [-0.2, -0.15) is 0 Å². The molecule has 0 amide bonds. The first-order valence-electron chi connectivity index (χ1n) is 3.36. The third-order valence-electron chi connectivity index (χ3n) is 1.51. The Morgan fingerprint density at radius 1 is 1.69 bits per heavy atom. The molecule has 0 spiro atoms. The zero-order chi connectivity index (χ0) is 10.0. The topological polar surface area (TPSA) is 105 Å². The van der Waals surface area contributed by atoms with Gasteiger partial charge in [0, 0.05) is 6.20 Å². The van der Waals surface area contributed by atoms with E-state index in [0.717, 1.165) is 13.3 Å². The van der Waals surface area contributed by atoms with Crippen molar-refractivity contribution >= 4 is 11.7 Å². The van der Waals surface area contributed by atoms with Gasteiger partial charge in [-0.25, -0.2) is 4.79 Å². The predicted molar refractivity (Wildman–Crippen MR) is 44.5 cm³/mol. The standard InChI is InChI=1S/C7H8N2O4/c1-13-7(12)3-2-9-6(11)4(8)5(3)10/h2H,8H2,1H3,(H2,9,10,11). The van der Waals surface area contributed by atoms with E-state index < -0.39 is 23.0 Å². The Hall–Kier alpha value is -1.98. The van der Waals surface area contributed by atoms with Crippen LogP contribution >= 0.6 is 0 Å². The van der Waals surface area contributed by atoms with Crippen LogP contribution in [0.4, 0.5) is 5.69 Å². The number of nitrogens with one attached hydrogen (secondary N) is 1. The number of anilines is 1. The van der Waals surface area contributed by atoms with Crippen LogP contribution in [0.2, 0.25) is 0 Å². The van der Waals surface area contributed by atoms with E-state index in [2.05, 4.69) is 9.72 Å². The number of methoxy groups -OCH3 is 1.